The van der Waals surface area contributed by atoms with Gasteiger partial charge in [0.1, 0.15) is 18.5 Å². The highest BCUT2D eigenvalue weighted by atomic mass is 16.6. The Kier molecular flexibility index (Phi) is 5.56. The summed E-state index contributed by atoms with van der Waals surface area (Å²) in [6, 6.07) is 4.71. The first kappa shape index (κ1) is 19.0. The summed E-state index contributed by atoms with van der Waals surface area (Å²) in [6.45, 7) is 8.23. The lowest BCUT2D eigenvalue weighted by molar-refractivity contribution is 0.320. The average molecular weight is 372 g/mol. The number of benzene rings is 1. The maximum absolute atomic E-state index is 11.7. The highest BCUT2D eigenvalue weighted by Gasteiger charge is 2.38. The Morgan fingerprint density at radius 3 is 2.59 bits per heavy atom. The van der Waals surface area contributed by atoms with Gasteiger partial charge in [0.05, 0.1) is 25.7 Å². The Hall–Kier alpha value is -2.73. The lowest BCUT2D eigenvalue weighted by Crippen LogP contribution is -2.03. The average Bonchev–Trinajstić information content (AvgIpc) is 3.40. The number of hydrogen-bond acceptors (Lipinski definition) is 6. The van der Waals surface area contributed by atoms with Crippen LogP contribution in [0.3, 0.4) is 0 Å². The van der Waals surface area contributed by atoms with Crippen LogP contribution in [0.25, 0.3) is 11.0 Å². The number of fused-ring (bicyclic) bond motifs is 1. The van der Waals surface area contributed by atoms with Crippen LogP contribution in [-0.2, 0) is 4.74 Å². The molecule has 1 aliphatic heterocycles. The third-order valence-corrected chi connectivity index (χ3v) is 4.48. The second kappa shape index (κ2) is 7.88. The highest BCUT2D eigenvalue weighted by molar-refractivity contribution is 5.91. The molecule has 6 nitrogen and oxygen atoms in total. The predicted molar refractivity (Wildman–Crippen MR) is 103 cm³/mol. The summed E-state index contributed by atoms with van der Waals surface area (Å²) >= 11 is 0. The summed E-state index contributed by atoms with van der Waals surface area (Å²) in [5, 5.41) is 0.643. The van der Waals surface area contributed by atoms with Crippen molar-refractivity contribution in [3.05, 3.63) is 52.4 Å². The Labute approximate surface area is 158 Å². The summed E-state index contributed by atoms with van der Waals surface area (Å²) in [5.41, 5.74) is 2.04. The van der Waals surface area contributed by atoms with Crippen LogP contribution in [-0.4, -0.2) is 33.0 Å². The van der Waals surface area contributed by atoms with Crippen LogP contribution in [0, 0.1) is 0 Å². The van der Waals surface area contributed by atoms with E-state index in [0.29, 0.717) is 34.8 Å². The Morgan fingerprint density at radius 2 is 1.96 bits per heavy atom. The van der Waals surface area contributed by atoms with Crippen molar-refractivity contribution in [3.8, 4) is 17.2 Å². The molecule has 0 aliphatic carbocycles. The summed E-state index contributed by atoms with van der Waals surface area (Å²) in [5.74, 6) is 1.35. The molecule has 0 N–H and O–H groups in total. The molecule has 0 radical (unpaired) electrons. The summed E-state index contributed by atoms with van der Waals surface area (Å²) < 4.78 is 27.6. The van der Waals surface area contributed by atoms with Gasteiger partial charge in [-0.15, -0.1) is 0 Å². The maximum atomic E-state index is 11.7. The molecule has 2 aromatic rings. The standard InChI is InChI=1S/C21H24O6/c1-12(2)19-17(26-19)10-13(3)8-9-25-21-16(24-5)11-15(23-4)14-6-7-18(22)27-20(14)21/h6-8,11,17,19H,1,9-10H2,2-5H3/b13-8+. The number of ether oxygens (including phenoxy) is 4. The molecule has 27 heavy (non-hydrogen) atoms. The predicted octanol–water partition coefficient (Wildman–Crippen LogP) is 3.87. The molecule has 1 fully saturated rings. The molecule has 1 aromatic carbocycles. The molecule has 2 heterocycles. The van der Waals surface area contributed by atoms with Crippen molar-refractivity contribution in [2.24, 2.45) is 0 Å². The molecular formula is C21H24O6. The molecule has 2 unspecified atom stereocenters. The van der Waals surface area contributed by atoms with Crippen LogP contribution < -0.4 is 19.8 Å². The van der Waals surface area contributed by atoms with Gasteiger partial charge in [-0.2, -0.15) is 0 Å². The van der Waals surface area contributed by atoms with E-state index in [1.807, 2.05) is 19.9 Å². The number of rotatable bonds is 8. The maximum Gasteiger partial charge on any atom is 0.336 e. The molecule has 144 valence electrons. The van der Waals surface area contributed by atoms with E-state index >= 15 is 0 Å². The highest BCUT2D eigenvalue weighted by Crippen LogP contribution is 2.41. The SMILES string of the molecule is C=C(C)C1OC1C/C(C)=C/COc1c(OC)cc(OC)c2ccc(=O)oc12. The van der Waals surface area contributed by atoms with E-state index in [0.717, 1.165) is 17.6 Å². The van der Waals surface area contributed by atoms with Gasteiger partial charge in [0.25, 0.3) is 0 Å². The van der Waals surface area contributed by atoms with Gasteiger partial charge in [0, 0.05) is 12.1 Å². The quantitative estimate of drug-likeness (QED) is 0.398. The van der Waals surface area contributed by atoms with Crippen LogP contribution in [0.15, 0.2) is 51.2 Å². The first-order valence-corrected chi connectivity index (χ1v) is 8.72. The second-order valence-electron chi connectivity index (χ2n) is 6.61. The van der Waals surface area contributed by atoms with Crippen molar-refractivity contribution in [3.63, 3.8) is 0 Å². The van der Waals surface area contributed by atoms with E-state index in [-0.39, 0.29) is 12.2 Å². The van der Waals surface area contributed by atoms with E-state index in [2.05, 4.69) is 6.58 Å². The topological polar surface area (TPSA) is 70.4 Å². The molecule has 2 atom stereocenters. The van der Waals surface area contributed by atoms with Crippen molar-refractivity contribution in [1.82, 2.24) is 0 Å². The van der Waals surface area contributed by atoms with Gasteiger partial charge in [-0.3, -0.25) is 0 Å². The monoisotopic (exact) mass is 372 g/mol. The third-order valence-electron chi connectivity index (χ3n) is 4.48. The third kappa shape index (κ3) is 4.17. The Morgan fingerprint density at radius 1 is 1.22 bits per heavy atom. The zero-order valence-corrected chi connectivity index (χ0v) is 16.0. The number of epoxide rings is 1. The van der Waals surface area contributed by atoms with Crippen molar-refractivity contribution >= 4 is 11.0 Å². The van der Waals surface area contributed by atoms with Crippen molar-refractivity contribution < 1.29 is 23.4 Å². The summed E-state index contributed by atoms with van der Waals surface area (Å²) in [6.07, 6.45) is 3.17. The number of hydrogen-bond donors (Lipinski definition) is 0. The number of methoxy groups -OCH3 is 2. The molecule has 0 spiro atoms. The fourth-order valence-corrected chi connectivity index (χ4v) is 3.01. The van der Waals surface area contributed by atoms with Gasteiger partial charge in [-0.25, -0.2) is 4.79 Å². The van der Waals surface area contributed by atoms with Gasteiger partial charge >= 0.3 is 5.63 Å². The molecule has 0 bridgehead atoms. The fourth-order valence-electron chi connectivity index (χ4n) is 3.01. The molecular weight excluding hydrogens is 348 g/mol. The zero-order chi connectivity index (χ0) is 19.6. The Bertz CT molecular complexity index is 940. The van der Waals surface area contributed by atoms with Crippen molar-refractivity contribution in [2.75, 3.05) is 20.8 Å². The summed E-state index contributed by atoms with van der Waals surface area (Å²) in [4.78, 5) is 11.7. The van der Waals surface area contributed by atoms with Gasteiger partial charge in [-0.1, -0.05) is 12.2 Å². The largest absolute Gasteiger partial charge is 0.496 e. The normalized spacial score (nSPS) is 19.0. The molecule has 0 amide bonds. The molecule has 1 aliphatic rings. The van der Waals surface area contributed by atoms with Crippen LogP contribution in [0.2, 0.25) is 0 Å². The van der Waals surface area contributed by atoms with Gasteiger partial charge in [0.15, 0.2) is 11.3 Å². The van der Waals surface area contributed by atoms with Crippen molar-refractivity contribution in [1.29, 1.82) is 0 Å². The minimum atomic E-state index is -0.467. The van der Waals surface area contributed by atoms with E-state index < -0.39 is 5.63 Å². The molecule has 1 aromatic heterocycles. The van der Waals surface area contributed by atoms with Crippen molar-refractivity contribution in [2.45, 2.75) is 32.5 Å². The molecule has 1 saturated heterocycles. The first-order valence-electron chi connectivity index (χ1n) is 8.72. The minimum Gasteiger partial charge on any atom is -0.496 e. The lowest BCUT2D eigenvalue weighted by atomic mass is 10.1. The molecule has 3 rings (SSSR count). The van der Waals surface area contributed by atoms with Crippen LogP contribution >= 0.6 is 0 Å². The minimum absolute atomic E-state index is 0.161. The first-order chi connectivity index (χ1) is 12.9. The van der Waals surface area contributed by atoms with Crippen LogP contribution in [0.4, 0.5) is 0 Å². The van der Waals surface area contributed by atoms with E-state index in [1.54, 1.807) is 19.2 Å². The van der Waals surface area contributed by atoms with Gasteiger partial charge in [-0.05, 0) is 38.0 Å². The van der Waals surface area contributed by atoms with E-state index in [9.17, 15) is 4.79 Å². The van der Waals surface area contributed by atoms with Gasteiger partial charge in [0.2, 0.25) is 5.75 Å². The van der Waals surface area contributed by atoms with E-state index in [1.165, 1.54) is 13.2 Å². The molecule has 6 heteroatoms. The summed E-state index contributed by atoms with van der Waals surface area (Å²) in [7, 11) is 3.07. The Balaban J connectivity index is 1.80. The van der Waals surface area contributed by atoms with E-state index in [4.69, 9.17) is 23.4 Å². The second-order valence-corrected chi connectivity index (χ2v) is 6.61. The fraction of sp³-hybridized carbons (Fsp3) is 0.381. The van der Waals surface area contributed by atoms with Crippen LogP contribution in [0.5, 0.6) is 17.2 Å². The molecule has 0 saturated carbocycles. The van der Waals surface area contributed by atoms with Crippen LogP contribution in [0.1, 0.15) is 20.3 Å². The smallest absolute Gasteiger partial charge is 0.336 e. The lowest BCUT2D eigenvalue weighted by Gasteiger charge is -2.14. The van der Waals surface area contributed by atoms with Gasteiger partial charge < -0.3 is 23.4 Å². The zero-order valence-electron chi connectivity index (χ0n) is 16.0.